The van der Waals surface area contributed by atoms with Crippen LogP contribution in [-0.2, 0) is 4.79 Å². The molecule has 0 aliphatic carbocycles. The molecule has 5 nitrogen and oxygen atoms in total. The number of carbonyl (C=O) groups is 2. The summed E-state index contributed by atoms with van der Waals surface area (Å²) >= 11 is 5.76. The summed E-state index contributed by atoms with van der Waals surface area (Å²) in [5.41, 5.74) is -1.17. The first-order chi connectivity index (χ1) is 8.85. The molecule has 0 saturated carbocycles. The third-order valence-electron chi connectivity index (χ3n) is 2.30. The normalized spacial score (nSPS) is 10.7. The highest BCUT2D eigenvalue weighted by Gasteiger charge is 2.31. The van der Waals surface area contributed by atoms with Crippen molar-refractivity contribution in [1.82, 2.24) is 10.6 Å². The van der Waals surface area contributed by atoms with Gasteiger partial charge in [-0.1, -0.05) is 11.6 Å². The summed E-state index contributed by atoms with van der Waals surface area (Å²) in [5, 5.41) is 5.27. The van der Waals surface area contributed by atoms with Gasteiger partial charge in [-0.25, -0.2) is 4.79 Å². The number of hydrogen-bond donors (Lipinski definition) is 2. The molecule has 6 heteroatoms. The zero-order chi connectivity index (χ0) is 14.5. The number of halogens is 1. The Labute approximate surface area is 117 Å². The smallest absolute Gasteiger partial charge is 0.321 e. The second-order valence-corrected chi connectivity index (χ2v) is 4.82. The number of benzene rings is 1. The number of hydrogen-bond acceptors (Lipinski definition) is 3. The molecule has 0 bridgehead atoms. The molecule has 0 aromatic heterocycles. The Morgan fingerprint density at radius 3 is 2.37 bits per heavy atom. The average Bonchev–Trinajstić information content (AvgIpc) is 2.32. The molecule has 3 amide bonds. The largest absolute Gasteiger partial charge is 0.478 e. The minimum atomic E-state index is -1.17. The quantitative estimate of drug-likeness (QED) is 0.892. The first-order valence-electron chi connectivity index (χ1n) is 5.89. The van der Waals surface area contributed by atoms with Gasteiger partial charge in [-0.3, -0.25) is 10.1 Å². The van der Waals surface area contributed by atoms with Crippen molar-refractivity contribution >= 4 is 23.5 Å². The molecular formula is C13H17ClN2O3. The number of amides is 3. The van der Waals surface area contributed by atoms with Gasteiger partial charge in [0.15, 0.2) is 5.60 Å². The summed E-state index contributed by atoms with van der Waals surface area (Å²) in [5.74, 6) is -0.0196. The zero-order valence-corrected chi connectivity index (χ0v) is 11.9. The Morgan fingerprint density at radius 2 is 1.84 bits per heavy atom. The van der Waals surface area contributed by atoms with Crippen LogP contribution < -0.4 is 15.4 Å². The number of carbonyl (C=O) groups excluding carboxylic acids is 2. The highest BCUT2D eigenvalue weighted by molar-refractivity contribution is 6.30. The minimum Gasteiger partial charge on any atom is -0.478 e. The number of urea groups is 1. The van der Waals surface area contributed by atoms with Crippen molar-refractivity contribution in [1.29, 1.82) is 0 Å². The summed E-state index contributed by atoms with van der Waals surface area (Å²) in [6.45, 7) is 5.36. The Kier molecular flexibility index (Phi) is 5.18. The van der Waals surface area contributed by atoms with Gasteiger partial charge < -0.3 is 10.1 Å². The molecule has 0 unspecified atom stereocenters. The summed E-state index contributed by atoms with van der Waals surface area (Å²) in [7, 11) is 0. The summed E-state index contributed by atoms with van der Waals surface area (Å²) in [6, 6.07) is 6.09. The van der Waals surface area contributed by atoms with Gasteiger partial charge >= 0.3 is 6.03 Å². The van der Waals surface area contributed by atoms with Crippen molar-refractivity contribution in [3.63, 3.8) is 0 Å². The van der Waals surface area contributed by atoms with Crippen LogP contribution >= 0.6 is 11.6 Å². The Hall–Kier alpha value is -1.75. The summed E-state index contributed by atoms with van der Waals surface area (Å²) < 4.78 is 5.55. The highest BCUT2D eigenvalue weighted by atomic mass is 35.5. The van der Waals surface area contributed by atoms with E-state index in [2.05, 4.69) is 10.6 Å². The molecular weight excluding hydrogens is 268 g/mol. The Balaban J connectivity index is 2.66. The van der Waals surface area contributed by atoms with Crippen LogP contribution in [0.3, 0.4) is 0 Å². The molecule has 0 saturated heterocycles. The Bertz CT molecular complexity index is 457. The van der Waals surface area contributed by atoms with Crippen molar-refractivity contribution in [2.45, 2.75) is 26.4 Å². The van der Waals surface area contributed by atoms with Crippen LogP contribution in [0.1, 0.15) is 20.8 Å². The molecule has 1 rings (SSSR count). The van der Waals surface area contributed by atoms with Crippen molar-refractivity contribution < 1.29 is 14.3 Å². The maximum atomic E-state index is 11.9. The van der Waals surface area contributed by atoms with Crippen LogP contribution in [0, 0.1) is 0 Å². The van der Waals surface area contributed by atoms with Crippen LogP contribution in [0.4, 0.5) is 4.79 Å². The molecule has 1 aromatic carbocycles. The average molecular weight is 285 g/mol. The predicted octanol–water partition coefficient (Wildman–Crippen LogP) is 2.34. The topological polar surface area (TPSA) is 67.4 Å². The van der Waals surface area contributed by atoms with Gasteiger partial charge in [-0.2, -0.15) is 0 Å². The summed E-state index contributed by atoms with van der Waals surface area (Å²) in [6.07, 6.45) is 0. The van der Waals surface area contributed by atoms with E-state index < -0.39 is 17.5 Å². The standard InChI is InChI=1S/C13H17ClN2O3/c1-4-15-12(18)16-11(17)13(2,3)19-10-7-5-9(14)6-8-10/h5-8H,4H2,1-3H3,(H2,15,16,17,18). The van der Waals surface area contributed by atoms with Crippen LogP contribution in [0.2, 0.25) is 5.02 Å². The molecule has 104 valence electrons. The van der Waals surface area contributed by atoms with E-state index in [1.54, 1.807) is 45.0 Å². The van der Waals surface area contributed by atoms with Gasteiger partial charge in [-0.15, -0.1) is 0 Å². The van der Waals surface area contributed by atoms with Crippen LogP contribution in [-0.4, -0.2) is 24.1 Å². The van der Waals surface area contributed by atoms with E-state index >= 15 is 0 Å². The van der Waals surface area contributed by atoms with Crippen LogP contribution in [0.15, 0.2) is 24.3 Å². The second kappa shape index (κ2) is 6.43. The molecule has 0 atom stereocenters. The van der Waals surface area contributed by atoms with Gasteiger partial charge in [-0.05, 0) is 45.0 Å². The van der Waals surface area contributed by atoms with Gasteiger partial charge in [0.1, 0.15) is 5.75 Å². The van der Waals surface area contributed by atoms with Crippen molar-refractivity contribution in [2.75, 3.05) is 6.54 Å². The van der Waals surface area contributed by atoms with E-state index in [0.717, 1.165) is 0 Å². The fraction of sp³-hybridized carbons (Fsp3) is 0.385. The lowest BCUT2D eigenvalue weighted by Gasteiger charge is -2.24. The maximum Gasteiger partial charge on any atom is 0.321 e. The first kappa shape index (κ1) is 15.3. The lowest BCUT2D eigenvalue weighted by molar-refractivity contribution is -0.132. The van der Waals surface area contributed by atoms with E-state index in [9.17, 15) is 9.59 Å². The minimum absolute atomic E-state index is 0.442. The van der Waals surface area contributed by atoms with E-state index in [4.69, 9.17) is 16.3 Å². The summed E-state index contributed by atoms with van der Waals surface area (Å²) in [4.78, 5) is 23.2. The van der Waals surface area contributed by atoms with Crippen molar-refractivity contribution in [2.24, 2.45) is 0 Å². The molecule has 19 heavy (non-hydrogen) atoms. The molecule has 0 heterocycles. The Morgan fingerprint density at radius 1 is 1.26 bits per heavy atom. The molecule has 0 aliphatic rings. The van der Waals surface area contributed by atoms with Gasteiger partial charge in [0.05, 0.1) is 0 Å². The highest BCUT2D eigenvalue weighted by Crippen LogP contribution is 2.20. The van der Waals surface area contributed by atoms with E-state index in [-0.39, 0.29) is 0 Å². The van der Waals surface area contributed by atoms with Gasteiger partial charge in [0.2, 0.25) is 0 Å². The van der Waals surface area contributed by atoms with E-state index in [1.165, 1.54) is 0 Å². The molecule has 0 radical (unpaired) electrons. The second-order valence-electron chi connectivity index (χ2n) is 4.38. The number of rotatable bonds is 4. The van der Waals surface area contributed by atoms with Crippen molar-refractivity contribution in [3.8, 4) is 5.75 Å². The molecule has 0 spiro atoms. The number of nitrogens with one attached hydrogen (secondary N) is 2. The number of ether oxygens (including phenoxy) is 1. The van der Waals surface area contributed by atoms with Crippen molar-refractivity contribution in [3.05, 3.63) is 29.3 Å². The third kappa shape index (κ3) is 4.79. The SMILES string of the molecule is CCNC(=O)NC(=O)C(C)(C)Oc1ccc(Cl)cc1. The first-order valence-corrected chi connectivity index (χ1v) is 6.27. The van der Waals surface area contributed by atoms with E-state index in [1.807, 2.05) is 0 Å². The molecule has 0 aliphatic heterocycles. The monoisotopic (exact) mass is 284 g/mol. The van der Waals surface area contributed by atoms with Crippen LogP contribution in [0.25, 0.3) is 0 Å². The molecule has 2 N–H and O–H groups in total. The fourth-order valence-electron chi connectivity index (χ4n) is 1.30. The molecule has 0 fully saturated rings. The van der Waals surface area contributed by atoms with Gasteiger partial charge in [0.25, 0.3) is 5.91 Å². The van der Waals surface area contributed by atoms with Crippen LogP contribution in [0.5, 0.6) is 5.75 Å². The molecule has 1 aromatic rings. The van der Waals surface area contributed by atoms with E-state index in [0.29, 0.717) is 17.3 Å². The fourth-order valence-corrected chi connectivity index (χ4v) is 1.43. The predicted molar refractivity (Wildman–Crippen MR) is 73.4 cm³/mol. The third-order valence-corrected chi connectivity index (χ3v) is 2.55. The lowest BCUT2D eigenvalue weighted by atomic mass is 10.1. The zero-order valence-electron chi connectivity index (χ0n) is 11.1. The lowest BCUT2D eigenvalue weighted by Crippen LogP contribution is -2.51. The number of imide groups is 1. The van der Waals surface area contributed by atoms with Gasteiger partial charge in [0, 0.05) is 11.6 Å². The maximum absolute atomic E-state index is 11.9.